The highest BCUT2D eigenvalue weighted by Gasteiger charge is 2.16. The van der Waals surface area contributed by atoms with E-state index >= 15 is 0 Å². The minimum atomic E-state index is -1.13. The summed E-state index contributed by atoms with van der Waals surface area (Å²) in [6.45, 7) is 0. The number of nitrogens with zero attached hydrogens (tertiary/aromatic N) is 1. The van der Waals surface area contributed by atoms with E-state index in [1.807, 2.05) is 0 Å². The number of carboxylic acids is 1. The van der Waals surface area contributed by atoms with Crippen molar-refractivity contribution in [3.63, 3.8) is 0 Å². The Hall–Kier alpha value is -2.44. The highest BCUT2D eigenvalue weighted by atomic mass is 16.6. The molecule has 90 valence electrons. The van der Waals surface area contributed by atoms with Crippen LogP contribution in [-0.4, -0.2) is 26.9 Å². The van der Waals surface area contributed by atoms with Crippen molar-refractivity contribution in [2.24, 2.45) is 0 Å². The van der Waals surface area contributed by atoms with Crippen molar-refractivity contribution in [1.29, 1.82) is 0 Å². The smallest absolute Gasteiger partial charge is 0.303 e. The number of aliphatic carboxylic acids is 1. The third-order valence-electron chi connectivity index (χ3n) is 2.06. The molecule has 0 saturated carbocycles. The molecule has 0 atom stereocenters. The first-order valence-corrected chi connectivity index (χ1v) is 4.64. The van der Waals surface area contributed by atoms with Gasteiger partial charge in [-0.1, -0.05) is 0 Å². The van der Waals surface area contributed by atoms with Gasteiger partial charge in [0.2, 0.25) is 0 Å². The molecule has 0 aliphatic heterocycles. The van der Waals surface area contributed by atoms with Crippen LogP contribution in [0.2, 0.25) is 0 Å². The number of non-ortho nitro benzene ring substituents is 1. The molecule has 0 fully saturated rings. The number of hydrogen-bond acceptors (Lipinski definition) is 5. The van der Waals surface area contributed by atoms with E-state index in [-0.39, 0.29) is 24.1 Å². The number of phenolic OH excluding ortho intramolecular Hbond substituents is 1. The zero-order valence-corrected chi connectivity index (χ0v) is 8.62. The molecule has 0 heterocycles. The number of nitro groups is 1. The molecule has 0 saturated heterocycles. The third kappa shape index (κ3) is 3.26. The number of carboxylic acid groups (broad SMARTS) is 1. The molecule has 0 spiro atoms. The van der Waals surface area contributed by atoms with Crippen molar-refractivity contribution < 1.29 is 24.7 Å². The predicted molar refractivity (Wildman–Crippen MR) is 56.0 cm³/mol. The average Bonchev–Trinajstić information content (AvgIpc) is 2.25. The second-order valence-electron chi connectivity index (χ2n) is 3.28. The van der Waals surface area contributed by atoms with Gasteiger partial charge in [0.05, 0.1) is 23.0 Å². The molecule has 1 rings (SSSR count). The van der Waals surface area contributed by atoms with E-state index < -0.39 is 22.4 Å². The number of hydrogen-bond donors (Lipinski definition) is 2. The Kier molecular flexibility index (Phi) is 3.76. The van der Waals surface area contributed by atoms with Gasteiger partial charge < -0.3 is 10.2 Å². The summed E-state index contributed by atoms with van der Waals surface area (Å²) in [6, 6.07) is 3.04. The number of carbonyl (C=O) groups is 2. The lowest BCUT2D eigenvalue weighted by Crippen LogP contribution is -2.04. The number of ketones is 1. The van der Waals surface area contributed by atoms with Crippen LogP contribution in [0.3, 0.4) is 0 Å². The topological polar surface area (TPSA) is 118 Å². The number of benzene rings is 1. The first-order valence-electron chi connectivity index (χ1n) is 4.64. The lowest BCUT2D eigenvalue weighted by atomic mass is 10.1. The van der Waals surface area contributed by atoms with Crippen molar-refractivity contribution in [3.8, 4) is 5.75 Å². The predicted octanol–water partition coefficient (Wildman–Crippen LogP) is 1.35. The minimum Gasteiger partial charge on any atom is -0.507 e. The summed E-state index contributed by atoms with van der Waals surface area (Å²) >= 11 is 0. The molecule has 0 aromatic heterocycles. The SMILES string of the molecule is O=C(O)CCC(=O)c1ccc([N+](=O)[O-])cc1O. The standard InChI is InChI=1S/C10H9NO6/c12-8(3-4-10(14)15)7-2-1-6(11(16)17)5-9(7)13/h1-2,5,13H,3-4H2,(H,14,15). The van der Waals surface area contributed by atoms with Gasteiger partial charge >= 0.3 is 5.97 Å². The van der Waals surface area contributed by atoms with Gasteiger partial charge in [-0.25, -0.2) is 0 Å². The zero-order chi connectivity index (χ0) is 13.0. The van der Waals surface area contributed by atoms with Gasteiger partial charge in [-0.05, 0) is 6.07 Å². The fourth-order valence-corrected chi connectivity index (χ4v) is 1.22. The highest BCUT2D eigenvalue weighted by molar-refractivity contribution is 5.99. The van der Waals surface area contributed by atoms with E-state index in [0.29, 0.717) is 0 Å². The van der Waals surface area contributed by atoms with E-state index in [1.165, 1.54) is 0 Å². The van der Waals surface area contributed by atoms with Crippen LogP contribution in [-0.2, 0) is 4.79 Å². The van der Waals surface area contributed by atoms with Gasteiger partial charge in [0, 0.05) is 12.5 Å². The molecular weight excluding hydrogens is 230 g/mol. The average molecular weight is 239 g/mol. The Labute approximate surface area is 95.5 Å². The summed E-state index contributed by atoms with van der Waals surface area (Å²) in [4.78, 5) is 31.4. The lowest BCUT2D eigenvalue weighted by Gasteiger charge is -2.02. The van der Waals surface area contributed by atoms with Crippen molar-refractivity contribution in [2.75, 3.05) is 0 Å². The molecule has 0 amide bonds. The Morgan fingerprint density at radius 3 is 2.41 bits per heavy atom. The van der Waals surface area contributed by atoms with E-state index in [2.05, 4.69) is 0 Å². The maximum atomic E-state index is 11.5. The third-order valence-corrected chi connectivity index (χ3v) is 2.06. The number of aromatic hydroxyl groups is 1. The number of carbonyl (C=O) groups excluding carboxylic acids is 1. The van der Waals surface area contributed by atoms with Gasteiger partial charge in [-0.3, -0.25) is 19.7 Å². The number of rotatable bonds is 5. The van der Waals surface area contributed by atoms with Crippen molar-refractivity contribution in [1.82, 2.24) is 0 Å². The maximum Gasteiger partial charge on any atom is 0.303 e. The Morgan fingerprint density at radius 2 is 1.94 bits per heavy atom. The molecular formula is C10H9NO6. The van der Waals surface area contributed by atoms with E-state index in [1.54, 1.807) is 0 Å². The molecule has 0 unspecified atom stereocenters. The maximum absolute atomic E-state index is 11.5. The summed E-state index contributed by atoms with van der Waals surface area (Å²) in [5, 5.41) is 28.2. The number of nitro benzene ring substituents is 1. The van der Waals surface area contributed by atoms with Crippen LogP contribution in [0.25, 0.3) is 0 Å². The molecule has 0 aliphatic rings. The fourth-order valence-electron chi connectivity index (χ4n) is 1.22. The first kappa shape index (κ1) is 12.6. The first-order chi connectivity index (χ1) is 7.91. The van der Waals surface area contributed by atoms with Crippen LogP contribution in [0.1, 0.15) is 23.2 Å². The van der Waals surface area contributed by atoms with Crippen LogP contribution in [0.4, 0.5) is 5.69 Å². The summed E-state index contributed by atoms with van der Waals surface area (Å²) in [5.74, 6) is -2.21. The van der Waals surface area contributed by atoms with Crippen LogP contribution in [0.5, 0.6) is 5.75 Å². The highest BCUT2D eigenvalue weighted by Crippen LogP contribution is 2.24. The van der Waals surface area contributed by atoms with Gasteiger partial charge in [-0.15, -0.1) is 0 Å². The van der Waals surface area contributed by atoms with Crippen LogP contribution in [0.15, 0.2) is 18.2 Å². The Bertz CT molecular complexity index is 482. The largest absolute Gasteiger partial charge is 0.507 e. The van der Waals surface area contributed by atoms with Gasteiger partial charge in [0.25, 0.3) is 5.69 Å². The normalized spacial score (nSPS) is 9.88. The molecule has 7 nitrogen and oxygen atoms in total. The molecule has 17 heavy (non-hydrogen) atoms. The monoisotopic (exact) mass is 239 g/mol. The molecule has 0 bridgehead atoms. The van der Waals surface area contributed by atoms with Crippen LogP contribution >= 0.6 is 0 Å². The molecule has 2 N–H and O–H groups in total. The summed E-state index contributed by atoms with van der Waals surface area (Å²) in [5.41, 5.74) is -0.450. The van der Waals surface area contributed by atoms with Gasteiger partial charge in [0.15, 0.2) is 5.78 Å². The molecule has 7 heteroatoms. The molecule has 1 aromatic carbocycles. The quantitative estimate of drug-likeness (QED) is 0.454. The van der Waals surface area contributed by atoms with Crippen molar-refractivity contribution in [2.45, 2.75) is 12.8 Å². The van der Waals surface area contributed by atoms with Crippen LogP contribution in [0, 0.1) is 10.1 Å². The van der Waals surface area contributed by atoms with Gasteiger partial charge in [0.1, 0.15) is 5.75 Å². The fraction of sp³-hybridized carbons (Fsp3) is 0.200. The van der Waals surface area contributed by atoms with Gasteiger partial charge in [-0.2, -0.15) is 0 Å². The summed E-state index contributed by atoms with van der Waals surface area (Å²) in [6.07, 6.45) is -0.615. The second kappa shape index (κ2) is 5.06. The second-order valence-corrected chi connectivity index (χ2v) is 3.28. The van der Waals surface area contributed by atoms with Crippen molar-refractivity contribution in [3.05, 3.63) is 33.9 Å². The molecule has 1 aromatic rings. The van der Waals surface area contributed by atoms with Crippen molar-refractivity contribution >= 4 is 17.4 Å². The number of phenols is 1. The zero-order valence-electron chi connectivity index (χ0n) is 8.62. The van der Waals surface area contributed by atoms with Crippen LogP contribution < -0.4 is 0 Å². The Balaban J connectivity index is 2.88. The molecule has 0 aliphatic carbocycles. The van der Waals surface area contributed by atoms with E-state index in [9.17, 15) is 24.8 Å². The summed E-state index contributed by atoms with van der Waals surface area (Å²) in [7, 11) is 0. The minimum absolute atomic E-state index is 0.114. The Morgan fingerprint density at radius 1 is 1.29 bits per heavy atom. The lowest BCUT2D eigenvalue weighted by molar-refractivity contribution is -0.384. The summed E-state index contributed by atoms with van der Waals surface area (Å²) < 4.78 is 0. The van der Waals surface area contributed by atoms with E-state index in [4.69, 9.17) is 5.11 Å². The number of Topliss-reactive ketones (excluding diaryl/α,β-unsaturated/α-hetero) is 1. The molecule has 0 radical (unpaired) electrons. The van der Waals surface area contributed by atoms with E-state index in [0.717, 1.165) is 18.2 Å².